The second-order valence-corrected chi connectivity index (χ2v) is 7.84. The number of ether oxygens (including phenoxy) is 2. The Kier molecular flexibility index (Phi) is 6.16. The third kappa shape index (κ3) is 6.46. The van der Waals surface area contributed by atoms with E-state index in [1.54, 1.807) is 0 Å². The van der Waals surface area contributed by atoms with Crippen molar-refractivity contribution in [1.29, 1.82) is 0 Å². The minimum atomic E-state index is -0.204. The zero-order chi connectivity index (χ0) is 18.5. The number of carbonyl (C=O) groups is 1. The Bertz CT molecular complexity index is 554. The van der Waals surface area contributed by atoms with E-state index >= 15 is 0 Å². The van der Waals surface area contributed by atoms with Crippen LogP contribution in [0.3, 0.4) is 0 Å². The fourth-order valence-electron chi connectivity index (χ4n) is 3.64. The first-order chi connectivity index (χ1) is 11.7. The lowest BCUT2D eigenvalue weighted by molar-refractivity contribution is 0.146. The number of carbonyl (C=O) groups excluding carboxylic acids is 1. The molecule has 0 unspecified atom stereocenters. The van der Waals surface area contributed by atoms with Crippen LogP contribution >= 0.6 is 0 Å². The van der Waals surface area contributed by atoms with Gasteiger partial charge in [-0.15, -0.1) is 0 Å². The van der Waals surface area contributed by atoms with E-state index in [2.05, 4.69) is 43.6 Å². The lowest BCUT2D eigenvalue weighted by atomic mass is 9.80. The van der Waals surface area contributed by atoms with Crippen molar-refractivity contribution in [2.45, 2.75) is 64.6 Å². The van der Waals surface area contributed by atoms with Gasteiger partial charge in [-0.1, -0.05) is 0 Å². The monoisotopic (exact) mass is 349 g/mol. The predicted molar refractivity (Wildman–Crippen MR) is 99.1 cm³/mol. The number of amides is 2. The van der Waals surface area contributed by atoms with E-state index in [9.17, 15) is 4.79 Å². The first-order valence-corrected chi connectivity index (χ1v) is 8.88. The minimum Gasteiger partial charge on any atom is -0.494 e. The summed E-state index contributed by atoms with van der Waals surface area (Å²) in [4.78, 5) is 12.1. The molecular weight excluding hydrogens is 318 g/mol. The Morgan fingerprint density at radius 1 is 1.08 bits per heavy atom. The molecule has 2 amide bonds. The summed E-state index contributed by atoms with van der Waals surface area (Å²) in [6.07, 6.45) is 1.78. The smallest absolute Gasteiger partial charge is 0.317 e. The van der Waals surface area contributed by atoms with Gasteiger partial charge in [0, 0.05) is 17.1 Å². The minimum absolute atomic E-state index is 0.00149. The summed E-state index contributed by atoms with van der Waals surface area (Å²) in [6.45, 7) is 11.3. The largest absolute Gasteiger partial charge is 0.494 e. The fraction of sp³-hybridized carbons (Fsp3) is 0.632. The third-order valence-electron chi connectivity index (χ3n) is 4.13. The zero-order valence-electron chi connectivity index (χ0n) is 15.9. The van der Waals surface area contributed by atoms with E-state index in [1.165, 1.54) is 0 Å². The van der Waals surface area contributed by atoms with Gasteiger partial charge in [-0.05, 0) is 71.7 Å². The molecule has 1 aliphatic heterocycles. The van der Waals surface area contributed by atoms with Gasteiger partial charge >= 0.3 is 6.03 Å². The molecule has 1 fully saturated rings. The highest BCUT2D eigenvalue weighted by molar-refractivity contribution is 5.74. The molecule has 0 spiro atoms. The quantitative estimate of drug-likeness (QED) is 0.690. The van der Waals surface area contributed by atoms with E-state index in [0.717, 1.165) is 18.6 Å². The Labute approximate surface area is 150 Å². The summed E-state index contributed by atoms with van der Waals surface area (Å²) >= 11 is 0. The van der Waals surface area contributed by atoms with Crippen LogP contribution in [-0.2, 0) is 0 Å². The summed E-state index contributed by atoms with van der Waals surface area (Å²) in [7, 11) is 0. The van der Waals surface area contributed by atoms with Gasteiger partial charge in [0.05, 0.1) is 6.61 Å². The highest BCUT2D eigenvalue weighted by Crippen LogP contribution is 2.28. The summed E-state index contributed by atoms with van der Waals surface area (Å²) in [5.74, 6) is 1.49. The molecule has 6 heteroatoms. The molecule has 25 heavy (non-hydrogen) atoms. The van der Waals surface area contributed by atoms with Gasteiger partial charge in [0.1, 0.15) is 11.5 Å². The maximum atomic E-state index is 12.1. The maximum absolute atomic E-state index is 12.1. The summed E-state index contributed by atoms with van der Waals surface area (Å²) in [5, 5.41) is 9.41. The average Bonchev–Trinajstić information content (AvgIpc) is 2.46. The molecular formula is C19H31N3O3. The van der Waals surface area contributed by atoms with Crippen LogP contribution in [0.5, 0.6) is 11.5 Å². The van der Waals surface area contributed by atoms with E-state index < -0.39 is 0 Å². The second-order valence-electron chi connectivity index (χ2n) is 7.84. The van der Waals surface area contributed by atoms with Gasteiger partial charge in [0.15, 0.2) is 6.73 Å². The lowest BCUT2D eigenvalue weighted by Crippen LogP contribution is -2.62. The topological polar surface area (TPSA) is 71.6 Å². The molecule has 1 saturated heterocycles. The van der Waals surface area contributed by atoms with Crippen molar-refractivity contribution < 1.29 is 14.3 Å². The van der Waals surface area contributed by atoms with E-state index in [1.807, 2.05) is 31.2 Å². The predicted octanol–water partition coefficient (Wildman–Crippen LogP) is 3.03. The van der Waals surface area contributed by atoms with Crippen molar-refractivity contribution >= 4 is 6.03 Å². The van der Waals surface area contributed by atoms with Gasteiger partial charge in [0.2, 0.25) is 0 Å². The van der Waals surface area contributed by atoms with Crippen LogP contribution in [0.15, 0.2) is 24.3 Å². The molecule has 2 rings (SSSR count). The molecule has 0 bridgehead atoms. The SMILES string of the molecule is CCOc1ccc(OCNC(=O)NC2CC(C)(C)NC(C)(C)C2)cc1. The Morgan fingerprint density at radius 3 is 2.12 bits per heavy atom. The standard InChI is InChI=1S/C19H31N3O3/c1-6-24-15-7-9-16(10-8-15)25-13-20-17(23)21-14-11-18(2,3)22-19(4,5)12-14/h7-10,14,22H,6,11-13H2,1-5H3,(H2,20,21,23). The van der Waals surface area contributed by atoms with Gasteiger partial charge in [-0.25, -0.2) is 4.79 Å². The number of urea groups is 1. The van der Waals surface area contributed by atoms with Gasteiger partial charge in [0.25, 0.3) is 0 Å². The van der Waals surface area contributed by atoms with Crippen molar-refractivity contribution in [1.82, 2.24) is 16.0 Å². The van der Waals surface area contributed by atoms with Crippen LogP contribution in [0.25, 0.3) is 0 Å². The average molecular weight is 349 g/mol. The van der Waals surface area contributed by atoms with Crippen molar-refractivity contribution in [3.05, 3.63) is 24.3 Å². The van der Waals surface area contributed by atoms with Crippen LogP contribution in [0.1, 0.15) is 47.5 Å². The number of piperidine rings is 1. The number of rotatable bonds is 6. The van der Waals surface area contributed by atoms with Gasteiger partial charge in [-0.2, -0.15) is 0 Å². The van der Waals surface area contributed by atoms with Crippen LogP contribution in [-0.4, -0.2) is 36.5 Å². The normalized spacial score (nSPS) is 19.1. The molecule has 3 N–H and O–H groups in total. The van der Waals surface area contributed by atoms with Crippen molar-refractivity contribution in [3.63, 3.8) is 0 Å². The number of hydrogen-bond donors (Lipinski definition) is 3. The molecule has 1 aromatic carbocycles. The fourth-order valence-corrected chi connectivity index (χ4v) is 3.64. The molecule has 140 valence electrons. The molecule has 1 aliphatic rings. The molecule has 0 aliphatic carbocycles. The van der Waals surface area contributed by atoms with Gasteiger partial charge in [-0.3, -0.25) is 0 Å². The third-order valence-corrected chi connectivity index (χ3v) is 4.13. The number of hydrogen-bond acceptors (Lipinski definition) is 4. The first kappa shape index (κ1) is 19.4. The molecule has 0 aromatic heterocycles. The second kappa shape index (κ2) is 7.95. The molecule has 0 radical (unpaired) electrons. The summed E-state index contributed by atoms with van der Waals surface area (Å²) < 4.78 is 10.9. The Hall–Kier alpha value is -1.95. The van der Waals surface area contributed by atoms with Crippen LogP contribution in [0.2, 0.25) is 0 Å². The lowest BCUT2D eigenvalue weighted by Gasteiger charge is -2.46. The van der Waals surface area contributed by atoms with E-state index in [4.69, 9.17) is 9.47 Å². The maximum Gasteiger partial charge on any atom is 0.317 e. The van der Waals surface area contributed by atoms with Crippen molar-refractivity contribution in [3.8, 4) is 11.5 Å². The summed E-state index contributed by atoms with van der Waals surface area (Å²) in [5.41, 5.74) is -0.00297. The van der Waals surface area contributed by atoms with Crippen molar-refractivity contribution in [2.24, 2.45) is 0 Å². The number of benzene rings is 1. The van der Waals surface area contributed by atoms with Crippen LogP contribution in [0, 0.1) is 0 Å². The Morgan fingerprint density at radius 2 is 1.60 bits per heavy atom. The highest BCUT2D eigenvalue weighted by atomic mass is 16.5. The van der Waals surface area contributed by atoms with Crippen molar-refractivity contribution in [2.75, 3.05) is 13.3 Å². The van der Waals surface area contributed by atoms with Crippen LogP contribution < -0.4 is 25.4 Å². The number of nitrogens with one attached hydrogen (secondary N) is 3. The van der Waals surface area contributed by atoms with Gasteiger partial charge < -0.3 is 25.4 Å². The zero-order valence-corrected chi connectivity index (χ0v) is 15.9. The highest BCUT2D eigenvalue weighted by Gasteiger charge is 2.38. The molecule has 0 atom stereocenters. The molecule has 1 aromatic rings. The first-order valence-electron chi connectivity index (χ1n) is 8.88. The van der Waals surface area contributed by atoms with Crippen LogP contribution in [0.4, 0.5) is 4.79 Å². The molecule has 6 nitrogen and oxygen atoms in total. The van der Waals surface area contributed by atoms with E-state index in [0.29, 0.717) is 12.4 Å². The Balaban J connectivity index is 1.75. The summed E-state index contributed by atoms with van der Waals surface area (Å²) in [6, 6.07) is 7.27. The van der Waals surface area contributed by atoms with E-state index in [-0.39, 0.29) is 29.9 Å². The molecule has 1 heterocycles. The molecule has 0 saturated carbocycles.